The molecule has 0 aliphatic heterocycles. The Morgan fingerprint density at radius 2 is 1.72 bits per heavy atom. The van der Waals surface area contributed by atoms with Gasteiger partial charge in [0.15, 0.2) is 5.78 Å². The highest BCUT2D eigenvalue weighted by Crippen LogP contribution is 2.26. The molecule has 1 N–H and O–H groups in total. The van der Waals surface area contributed by atoms with Gasteiger partial charge in [0.1, 0.15) is 0 Å². The molecule has 4 heteroatoms. The molecular weight excluding hydrogens is 314 g/mol. The van der Waals surface area contributed by atoms with Crippen LogP contribution in [-0.2, 0) is 4.79 Å². The molecule has 1 amide bonds. The molecule has 0 fully saturated rings. The predicted molar refractivity (Wildman–Crippen MR) is 99.6 cm³/mol. The normalized spacial score (nSPS) is 12.9. The maximum absolute atomic E-state index is 12.9. The van der Waals surface area contributed by atoms with Gasteiger partial charge in [0, 0.05) is 17.8 Å². The Labute approximate surface area is 148 Å². The molecule has 0 spiro atoms. The van der Waals surface area contributed by atoms with Gasteiger partial charge in [-0.15, -0.1) is 6.58 Å². The van der Waals surface area contributed by atoms with Gasteiger partial charge >= 0.3 is 0 Å². The van der Waals surface area contributed by atoms with Gasteiger partial charge in [0.05, 0.1) is 12.0 Å². The Kier molecular flexibility index (Phi) is 6.25. The molecule has 0 aliphatic rings. The van der Waals surface area contributed by atoms with Crippen molar-refractivity contribution in [3.63, 3.8) is 0 Å². The number of nitrogens with zero attached hydrogens (tertiary/aromatic N) is 1. The minimum atomic E-state index is -0.954. The van der Waals surface area contributed by atoms with Crippen LogP contribution in [0.1, 0.15) is 35.9 Å². The van der Waals surface area contributed by atoms with E-state index in [0.29, 0.717) is 17.7 Å². The van der Waals surface area contributed by atoms with E-state index in [9.17, 15) is 14.7 Å². The van der Waals surface area contributed by atoms with Gasteiger partial charge in [-0.1, -0.05) is 55.5 Å². The Hall–Kier alpha value is -2.72. The van der Waals surface area contributed by atoms with Crippen LogP contribution in [0.3, 0.4) is 0 Å². The predicted octanol–water partition coefficient (Wildman–Crippen LogP) is 3.78. The first-order valence-corrected chi connectivity index (χ1v) is 8.22. The average Bonchev–Trinajstić information content (AvgIpc) is 2.65. The van der Waals surface area contributed by atoms with Crippen molar-refractivity contribution in [2.45, 2.75) is 20.0 Å². The lowest BCUT2D eigenvalue weighted by molar-refractivity contribution is -0.125. The van der Waals surface area contributed by atoms with Crippen LogP contribution >= 0.6 is 0 Å². The smallest absolute Gasteiger partial charge is 0.233 e. The SMILES string of the molecule is C=CCN(C(=O)[C@H](C)[C@H](O)c1ccc(C(C)=O)cc1)c1ccccc1. The lowest BCUT2D eigenvalue weighted by Gasteiger charge is -2.27. The second-order valence-corrected chi connectivity index (χ2v) is 5.98. The third kappa shape index (κ3) is 4.43. The fourth-order valence-electron chi connectivity index (χ4n) is 2.64. The van der Waals surface area contributed by atoms with Crippen LogP contribution in [-0.4, -0.2) is 23.3 Å². The van der Waals surface area contributed by atoms with Gasteiger partial charge in [-0.25, -0.2) is 0 Å². The number of Topliss-reactive ketones (excluding diaryl/α,β-unsaturated/α-hetero) is 1. The minimum Gasteiger partial charge on any atom is -0.388 e. The molecule has 2 atom stereocenters. The summed E-state index contributed by atoms with van der Waals surface area (Å²) in [7, 11) is 0. The first kappa shape index (κ1) is 18.6. The first-order chi connectivity index (χ1) is 12.0. The molecule has 2 aromatic rings. The molecule has 0 aliphatic carbocycles. The van der Waals surface area contributed by atoms with Crippen molar-refractivity contribution < 1.29 is 14.7 Å². The molecule has 0 aromatic heterocycles. The van der Waals surface area contributed by atoms with Crippen molar-refractivity contribution in [1.29, 1.82) is 0 Å². The highest BCUT2D eigenvalue weighted by molar-refractivity contribution is 5.96. The molecule has 0 bridgehead atoms. The zero-order valence-electron chi connectivity index (χ0n) is 14.6. The van der Waals surface area contributed by atoms with Crippen LogP contribution < -0.4 is 4.90 Å². The molecule has 130 valence electrons. The van der Waals surface area contributed by atoms with Crippen LogP contribution in [0, 0.1) is 5.92 Å². The third-order valence-electron chi connectivity index (χ3n) is 4.17. The lowest BCUT2D eigenvalue weighted by Crippen LogP contribution is -2.37. The molecule has 4 nitrogen and oxygen atoms in total. The molecule has 0 heterocycles. The standard InChI is InChI=1S/C21H23NO3/c1-4-14-22(19-8-6-5-7-9-19)21(25)15(2)20(24)18-12-10-17(11-13-18)16(3)23/h4-13,15,20,24H,1,14H2,2-3H3/t15-,20+/m1/s1. The summed E-state index contributed by atoms with van der Waals surface area (Å²) < 4.78 is 0. The van der Waals surface area contributed by atoms with Crippen molar-refractivity contribution in [1.82, 2.24) is 0 Å². The van der Waals surface area contributed by atoms with E-state index >= 15 is 0 Å². The zero-order chi connectivity index (χ0) is 18.4. The van der Waals surface area contributed by atoms with E-state index in [1.54, 1.807) is 42.2 Å². The minimum absolute atomic E-state index is 0.0357. The summed E-state index contributed by atoms with van der Waals surface area (Å²) in [6.07, 6.45) is 0.704. The fraction of sp³-hybridized carbons (Fsp3) is 0.238. The van der Waals surface area contributed by atoms with Crippen LogP contribution in [0.5, 0.6) is 0 Å². The fourth-order valence-corrected chi connectivity index (χ4v) is 2.64. The summed E-state index contributed by atoms with van der Waals surface area (Å²) >= 11 is 0. The van der Waals surface area contributed by atoms with E-state index in [1.807, 2.05) is 30.3 Å². The monoisotopic (exact) mass is 337 g/mol. The average molecular weight is 337 g/mol. The molecule has 0 saturated carbocycles. The van der Waals surface area contributed by atoms with Gasteiger partial charge in [-0.2, -0.15) is 0 Å². The van der Waals surface area contributed by atoms with Gasteiger partial charge < -0.3 is 10.0 Å². The van der Waals surface area contributed by atoms with Crippen molar-refractivity contribution in [2.75, 3.05) is 11.4 Å². The molecule has 25 heavy (non-hydrogen) atoms. The van der Waals surface area contributed by atoms with Gasteiger partial charge in [-0.3, -0.25) is 9.59 Å². The molecule has 2 rings (SSSR count). The van der Waals surface area contributed by atoms with E-state index < -0.39 is 12.0 Å². The number of para-hydroxylation sites is 1. The van der Waals surface area contributed by atoms with Crippen LogP contribution in [0.2, 0.25) is 0 Å². The van der Waals surface area contributed by atoms with E-state index in [-0.39, 0.29) is 11.7 Å². The highest BCUT2D eigenvalue weighted by atomic mass is 16.3. The van der Waals surface area contributed by atoms with Crippen LogP contribution in [0.15, 0.2) is 67.3 Å². The number of benzene rings is 2. The number of carbonyl (C=O) groups is 2. The molecule has 0 radical (unpaired) electrons. The highest BCUT2D eigenvalue weighted by Gasteiger charge is 2.28. The van der Waals surface area contributed by atoms with Crippen molar-refractivity contribution >= 4 is 17.4 Å². The summed E-state index contributed by atoms with van der Waals surface area (Å²) in [6, 6.07) is 16.0. The number of rotatable bonds is 7. The van der Waals surface area contributed by atoms with E-state index in [2.05, 4.69) is 6.58 Å². The zero-order valence-corrected chi connectivity index (χ0v) is 14.6. The van der Waals surface area contributed by atoms with Gasteiger partial charge in [0.25, 0.3) is 0 Å². The number of anilines is 1. The molecule has 0 unspecified atom stereocenters. The quantitative estimate of drug-likeness (QED) is 0.618. The Bertz CT molecular complexity index is 737. The van der Waals surface area contributed by atoms with Crippen LogP contribution in [0.25, 0.3) is 0 Å². The Balaban J connectivity index is 2.21. The number of aliphatic hydroxyl groups excluding tert-OH is 1. The summed E-state index contributed by atoms with van der Waals surface area (Å²) in [5.74, 6) is -0.857. The number of amides is 1. The Morgan fingerprint density at radius 3 is 2.24 bits per heavy atom. The second kappa shape index (κ2) is 8.40. The van der Waals surface area contributed by atoms with Crippen molar-refractivity contribution in [3.05, 3.63) is 78.4 Å². The number of ketones is 1. The van der Waals surface area contributed by atoms with E-state index in [0.717, 1.165) is 5.69 Å². The lowest BCUT2D eigenvalue weighted by atomic mass is 9.94. The Morgan fingerprint density at radius 1 is 1.12 bits per heavy atom. The first-order valence-electron chi connectivity index (χ1n) is 8.22. The molecular formula is C21H23NO3. The number of carbonyl (C=O) groups excluding carboxylic acids is 2. The largest absolute Gasteiger partial charge is 0.388 e. The number of hydrogen-bond acceptors (Lipinski definition) is 3. The van der Waals surface area contributed by atoms with E-state index in [4.69, 9.17) is 0 Å². The summed E-state index contributed by atoms with van der Waals surface area (Å²) in [5, 5.41) is 10.6. The topological polar surface area (TPSA) is 57.6 Å². The van der Waals surface area contributed by atoms with Crippen molar-refractivity contribution in [3.8, 4) is 0 Å². The van der Waals surface area contributed by atoms with Gasteiger partial charge in [0.2, 0.25) is 5.91 Å². The summed E-state index contributed by atoms with van der Waals surface area (Å²) in [5.41, 5.74) is 1.95. The van der Waals surface area contributed by atoms with Crippen molar-refractivity contribution in [2.24, 2.45) is 5.92 Å². The third-order valence-corrected chi connectivity index (χ3v) is 4.17. The molecule has 0 saturated heterocycles. The maximum atomic E-state index is 12.9. The van der Waals surface area contributed by atoms with Gasteiger partial charge in [-0.05, 0) is 24.6 Å². The number of hydrogen-bond donors (Lipinski definition) is 1. The second-order valence-electron chi connectivity index (χ2n) is 5.98. The summed E-state index contributed by atoms with van der Waals surface area (Å²) in [4.78, 5) is 25.8. The molecule has 2 aromatic carbocycles. The maximum Gasteiger partial charge on any atom is 0.233 e. The van der Waals surface area contributed by atoms with E-state index in [1.165, 1.54) is 6.92 Å². The number of aliphatic hydroxyl groups is 1. The van der Waals surface area contributed by atoms with Crippen LogP contribution in [0.4, 0.5) is 5.69 Å². The summed E-state index contributed by atoms with van der Waals surface area (Å²) in [6.45, 7) is 7.26.